The van der Waals surface area contributed by atoms with Gasteiger partial charge in [0.1, 0.15) is 0 Å². The molecule has 28 heavy (non-hydrogen) atoms. The van der Waals surface area contributed by atoms with E-state index in [0.29, 0.717) is 4.67 Å². The Morgan fingerprint density at radius 1 is 0.929 bits per heavy atom. The molecule has 0 aliphatic rings. The molecule has 144 valence electrons. The standard InChI is InChI=1S/C22H21BrN2O3/c1-15(25-20(26)14-24-22(27)18-12-13-19(23)28-18)21(16-8-4-2-5-9-16)17-10-6-3-7-11-17/h2-13,15,21H,14H2,1H3,(H,24,27)(H,25,26). The first-order valence-electron chi connectivity index (χ1n) is 8.97. The molecule has 0 aliphatic heterocycles. The second-order valence-corrected chi connectivity index (χ2v) is 7.22. The minimum atomic E-state index is -0.434. The zero-order valence-electron chi connectivity index (χ0n) is 15.4. The smallest absolute Gasteiger partial charge is 0.287 e. The highest BCUT2D eigenvalue weighted by atomic mass is 79.9. The lowest BCUT2D eigenvalue weighted by Crippen LogP contribution is -2.43. The molecule has 0 aliphatic carbocycles. The topological polar surface area (TPSA) is 71.3 Å². The van der Waals surface area contributed by atoms with Crippen LogP contribution in [0.2, 0.25) is 0 Å². The molecule has 0 saturated carbocycles. The highest BCUT2D eigenvalue weighted by Gasteiger charge is 2.23. The zero-order chi connectivity index (χ0) is 19.9. The Morgan fingerprint density at radius 3 is 2.00 bits per heavy atom. The third kappa shape index (κ3) is 5.10. The maximum absolute atomic E-state index is 12.4. The van der Waals surface area contributed by atoms with Gasteiger partial charge in [-0.15, -0.1) is 0 Å². The van der Waals surface area contributed by atoms with Crippen LogP contribution in [-0.2, 0) is 4.79 Å². The third-order valence-corrected chi connectivity index (χ3v) is 4.84. The van der Waals surface area contributed by atoms with Crippen molar-refractivity contribution in [3.63, 3.8) is 0 Å². The number of rotatable bonds is 7. The van der Waals surface area contributed by atoms with Crippen molar-refractivity contribution in [1.82, 2.24) is 10.6 Å². The predicted molar refractivity (Wildman–Crippen MR) is 111 cm³/mol. The molecule has 1 heterocycles. The highest BCUT2D eigenvalue weighted by Crippen LogP contribution is 2.27. The summed E-state index contributed by atoms with van der Waals surface area (Å²) in [6.45, 7) is 1.84. The molecular formula is C22H21BrN2O3. The van der Waals surface area contributed by atoms with E-state index >= 15 is 0 Å². The Balaban J connectivity index is 1.65. The Morgan fingerprint density at radius 2 is 1.50 bits per heavy atom. The normalized spacial score (nSPS) is 11.8. The summed E-state index contributed by atoms with van der Waals surface area (Å²) in [5, 5.41) is 5.57. The summed E-state index contributed by atoms with van der Waals surface area (Å²) in [5.74, 6) is -0.540. The fraction of sp³-hybridized carbons (Fsp3) is 0.182. The number of carbonyl (C=O) groups excluding carboxylic acids is 2. The molecule has 1 atom stereocenters. The molecule has 3 rings (SSSR count). The van der Waals surface area contributed by atoms with Crippen LogP contribution in [0.4, 0.5) is 0 Å². The summed E-state index contributed by atoms with van der Waals surface area (Å²) in [4.78, 5) is 24.4. The van der Waals surface area contributed by atoms with Gasteiger partial charge in [0.25, 0.3) is 5.91 Å². The van der Waals surface area contributed by atoms with Crippen LogP contribution in [0, 0.1) is 0 Å². The average Bonchev–Trinajstić information content (AvgIpc) is 3.14. The fourth-order valence-electron chi connectivity index (χ4n) is 3.16. The van der Waals surface area contributed by atoms with Gasteiger partial charge in [-0.05, 0) is 46.1 Å². The third-order valence-electron chi connectivity index (χ3n) is 4.41. The second kappa shape index (κ2) is 9.37. The minimum absolute atomic E-state index is 0.00285. The summed E-state index contributed by atoms with van der Waals surface area (Å²) < 4.78 is 5.65. The number of hydrogen-bond acceptors (Lipinski definition) is 3. The van der Waals surface area contributed by atoms with E-state index in [4.69, 9.17) is 4.42 Å². The number of amides is 2. The first kappa shape index (κ1) is 19.9. The number of benzene rings is 2. The van der Waals surface area contributed by atoms with Crippen molar-refractivity contribution in [3.8, 4) is 0 Å². The summed E-state index contributed by atoms with van der Waals surface area (Å²) in [7, 11) is 0. The average molecular weight is 441 g/mol. The lowest BCUT2D eigenvalue weighted by molar-refractivity contribution is -0.120. The van der Waals surface area contributed by atoms with Crippen LogP contribution >= 0.6 is 15.9 Å². The van der Waals surface area contributed by atoms with Crippen molar-refractivity contribution in [1.29, 1.82) is 0 Å². The van der Waals surface area contributed by atoms with Crippen molar-refractivity contribution >= 4 is 27.7 Å². The van der Waals surface area contributed by atoms with E-state index in [1.54, 1.807) is 12.1 Å². The van der Waals surface area contributed by atoms with E-state index in [-0.39, 0.29) is 30.2 Å². The van der Waals surface area contributed by atoms with Crippen LogP contribution in [0.15, 0.2) is 81.9 Å². The van der Waals surface area contributed by atoms with Gasteiger partial charge in [-0.1, -0.05) is 60.7 Å². The summed E-state index contributed by atoms with van der Waals surface area (Å²) in [5.41, 5.74) is 2.23. The van der Waals surface area contributed by atoms with Gasteiger partial charge in [0, 0.05) is 12.0 Å². The summed E-state index contributed by atoms with van der Waals surface area (Å²) in [6, 6.07) is 23.1. The lowest BCUT2D eigenvalue weighted by Gasteiger charge is -2.26. The maximum atomic E-state index is 12.4. The monoisotopic (exact) mass is 440 g/mol. The Hall–Kier alpha value is -2.86. The van der Waals surface area contributed by atoms with Crippen LogP contribution < -0.4 is 10.6 Å². The number of nitrogens with one attached hydrogen (secondary N) is 2. The van der Waals surface area contributed by atoms with Gasteiger partial charge in [-0.2, -0.15) is 0 Å². The molecule has 0 radical (unpaired) electrons. The van der Waals surface area contributed by atoms with Crippen LogP contribution in [-0.4, -0.2) is 24.4 Å². The van der Waals surface area contributed by atoms with Crippen molar-refractivity contribution in [2.24, 2.45) is 0 Å². The minimum Gasteiger partial charge on any atom is -0.444 e. The van der Waals surface area contributed by atoms with Crippen molar-refractivity contribution in [2.75, 3.05) is 6.54 Å². The molecule has 2 N–H and O–H groups in total. The van der Waals surface area contributed by atoms with E-state index in [2.05, 4.69) is 50.8 Å². The molecule has 0 spiro atoms. The van der Waals surface area contributed by atoms with Crippen molar-refractivity contribution < 1.29 is 14.0 Å². The summed E-state index contributed by atoms with van der Waals surface area (Å²) >= 11 is 3.15. The second-order valence-electron chi connectivity index (χ2n) is 6.44. The quantitative estimate of drug-likeness (QED) is 0.580. The van der Waals surface area contributed by atoms with Crippen LogP contribution in [0.25, 0.3) is 0 Å². The Kier molecular flexibility index (Phi) is 6.66. The molecule has 6 heteroatoms. The van der Waals surface area contributed by atoms with Gasteiger partial charge in [0.2, 0.25) is 5.91 Å². The Labute approximate surface area is 172 Å². The molecule has 2 amide bonds. The summed E-state index contributed by atoms with van der Waals surface area (Å²) in [6.07, 6.45) is 0. The van der Waals surface area contributed by atoms with Crippen molar-refractivity contribution in [3.05, 3.63) is 94.4 Å². The first-order valence-corrected chi connectivity index (χ1v) is 9.76. The van der Waals surface area contributed by atoms with Gasteiger partial charge < -0.3 is 15.1 Å². The van der Waals surface area contributed by atoms with Gasteiger partial charge in [0.05, 0.1) is 6.54 Å². The molecule has 1 unspecified atom stereocenters. The highest BCUT2D eigenvalue weighted by molar-refractivity contribution is 9.10. The molecule has 1 aromatic heterocycles. The molecule has 2 aromatic carbocycles. The van der Waals surface area contributed by atoms with E-state index < -0.39 is 5.91 Å². The molecule has 3 aromatic rings. The molecule has 0 saturated heterocycles. The molecule has 0 bridgehead atoms. The number of hydrogen-bond donors (Lipinski definition) is 2. The SMILES string of the molecule is CC(NC(=O)CNC(=O)c1ccc(Br)o1)C(c1ccccc1)c1ccccc1. The van der Waals surface area contributed by atoms with E-state index in [9.17, 15) is 9.59 Å². The predicted octanol–water partition coefficient (Wildman–Crippen LogP) is 4.11. The largest absolute Gasteiger partial charge is 0.444 e. The van der Waals surface area contributed by atoms with Gasteiger partial charge >= 0.3 is 0 Å². The molecule has 0 fully saturated rings. The number of carbonyl (C=O) groups is 2. The van der Waals surface area contributed by atoms with Crippen LogP contribution in [0.1, 0.15) is 34.5 Å². The molecule has 5 nitrogen and oxygen atoms in total. The lowest BCUT2D eigenvalue weighted by atomic mass is 9.86. The zero-order valence-corrected chi connectivity index (χ0v) is 17.0. The van der Waals surface area contributed by atoms with E-state index in [1.807, 2.05) is 43.3 Å². The van der Waals surface area contributed by atoms with Gasteiger partial charge in [0.15, 0.2) is 10.4 Å². The van der Waals surface area contributed by atoms with Crippen LogP contribution in [0.5, 0.6) is 0 Å². The number of halogens is 1. The van der Waals surface area contributed by atoms with Gasteiger partial charge in [-0.3, -0.25) is 9.59 Å². The number of furan rings is 1. The Bertz CT molecular complexity index is 886. The fourth-order valence-corrected chi connectivity index (χ4v) is 3.47. The first-order chi connectivity index (χ1) is 13.5. The molecular weight excluding hydrogens is 420 g/mol. The maximum Gasteiger partial charge on any atom is 0.287 e. The van der Waals surface area contributed by atoms with Gasteiger partial charge in [-0.25, -0.2) is 0 Å². The van der Waals surface area contributed by atoms with E-state index in [1.165, 1.54) is 0 Å². The van der Waals surface area contributed by atoms with Crippen LogP contribution in [0.3, 0.4) is 0 Å². The van der Waals surface area contributed by atoms with Crippen molar-refractivity contribution in [2.45, 2.75) is 18.9 Å². The van der Waals surface area contributed by atoms with E-state index in [0.717, 1.165) is 11.1 Å².